The molecule has 0 unspecified atom stereocenters. The van der Waals surface area contributed by atoms with Crippen LogP contribution in [0.2, 0.25) is 0 Å². The Morgan fingerprint density at radius 3 is 3.00 bits per heavy atom. The molecule has 60 valence electrons. The Morgan fingerprint density at radius 2 is 2.17 bits per heavy atom. The molecule has 0 aliphatic heterocycles. The van der Waals surface area contributed by atoms with Gasteiger partial charge in [0, 0.05) is 21.2 Å². The highest BCUT2D eigenvalue weighted by Crippen LogP contribution is 2.23. The van der Waals surface area contributed by atoms with Crippen LogP contribution in [-0.4, -0.2) is 10.1 Å². The number of rotatable bonds is 0. The van der Waals surface area contributed by atoms with Gasteiger partial charge in [0.1, 0.15) is 5.75 Å². The second kappa shape index (κ2) is 2.90. The van der Waals surface area contributed by atoms with Gasteiger partial charge < -0.3 is 5.11 Å². The molecule has 0 radical (unpaired) electrons. The monoisotopic (exact) mass is 271 g/mol. The summed E-state index contributed by atoms with van der Waals surface area (Å²) in [5.41, 5.74) is 0.835. The van der Waals surface area contributed by atoms with E-state index in [1.54, 1.807) is 18.3 Å². The SMILES string of the molecule is Oc1cc(I)c2cccnc2c1. The number of aromatic nitrogens is 1. The summed E-state index contributed by atoms with van der Waals surface area (Å²) in [4.78, 5) is 4.14. The van der Waals surface area contributed by atoms with Crippen molar-refractivity contribution in [2.45, 2.75) is 0 Å². The van der Waals surface area contributed by atoms with Crippen molar-refractivity contribution < 1.29 is 5.11 Å². The zero-order valence-corrected chi connectivity index (χ0v) is 8.32. The Morgan fingerprint density at radius 1 is 1.33 bits per heavy atom. The Labute approximate surface area is 83.4 Å². The fraction of sp³-hybridized carbons (Fsp3) is 0. The predicted molar refractivity (Wildman–Crippen MR) is 56.1 cm³/mol. The predicted octanol–water partition coefficient (Wildman–Crippen LogP) is 2.55. The highest BCUT2D eigenvalue weighted by molar-refractivity contribution is 14.1. The lowest BCUT2D eigenvalue weighted by Crippen LogP contribution is -1.80. The van der Waals surface area contributed by atoms with Crippen LogP contribution in [0.4, 0.5) is 0 Å². The minimum Gasteiger partial charge on any atom is -0.508 e. The van der Waals surface area contributed by atoms with E-state index in [9.17, 15) is 5.11 Å². The Balaban J connectivity index is 2.89. The summed E-state index contributed by atoms with van der Waals surface area (Å²) < 4.78 is 1.02. The molecule has 0 saturated heterocycles. The number of hydrogen-bond acceptors (Lipinski definition) is 2. The van der Waals surface area contributed by atoms with Gasteiger partial charge in [-0.05, 0) is 34.7 Å². The van der Waals surface area contributed by atoms with E-state index in [0.717, 1.165) is 14.5 Å². The van der Waals surface area contributed by atoms with Crippen LogP contribution in [0, 0.1) is 3.57 Å². The van der Waals surface area contributed by atoms with E-state index in [1.165, 1.54) is 0 Å². The van der Waals surface area contributed by atoms with Gasteiger partial charge in [-0.3, -0.25) is 4.98 Å². The first-order valence-electron chi connectivity index (χ1n) is 3.50. The average Bonchev–Trinajstić information content (AvgIpc) is 2.04. The van der Waals surface area contributed by atoms with Gasteiger partial charge in [-0.2, -0.15) is 0 Å². The summed E-state index contributed by atoms with van der Waals surface area (Å²) in [6.45, 7) is 0. The topological polar surface area (TPSA) is 33.1 Å². The fourth-order valence-corrected chi connectivity index (χ4v) is 1.90. The number of aromatic hydroxyl groups is 1. The van der Waals surface area contributed by atoms with Crippen LogP contribution >= 0.6 is 22.6 Å². The Bertz CT molecular complexity index is 428. The van der Waals surface area contributed by atoms with Gasteiger partial charge in [-0.15, -0.1) is 0 Å². The molecule has 3 heteroatoms. The second-order valence-corrected chi connectivity index (χ2v) is 3.66. The average molecular weight is 271 g/mol. The van der Waals surface area contributed by atoms with Crippen molar-refractivity contribution in [2.75, 3.05) is 0 Å². The Kier molecular flexibility index (Phi) is 1.88. The molecule has 2 rings (SSSR count). The number of pyridine rings is 1. The van der Waals surface area contributed by atoms with Crippen molar-refractivity contribution in [2.24, 2.45) is 0 Å². The molecule has 0 amide bonds. The maximum atomic E-state index is 9.27. The van der Waals surface area contributed by atoms with Crippen molar-refractivity contribution in [1.29, 1.82) is 0 Å². The van der Waals surface area contributed by atoms with Gasteiger partial charge in [0.2, 0.25) is 0 Å². The minimum atomic E-state index is 0.269. The molecule has 1 aromatic carbocycles. The summed E-state index contributed by atoms with van der Waals surface area (Å²) in [7, 11) is 0. The molecule has 0 aliphatic rings. The van der Waals surface area contributed by atoms with Crippen LogP contribution in [0.15, 0.2) is 30.5 Å². The highest BCUT2D eigenvalue weighted by Gasteiger charge is 2.00. The van der Waals surface area contributed by atoms with Crippen LogP contribution in [0.1, 0.15) is 0 Å². The van der Waals surface area contributed by atoms with E-state index < -0.39 is 0 Å². The molecule has 12 heavy (non-hydrogen) atoms. The molecule has 1 heterocycles. The Hall–Kier alpha value is -0.840. The van der Waals surface area contributed by atoms with Crippen molar-refractivity contribution in [3.63, 3.8) is 0 Å². The molecule has 0 atom stereocenters. The van der Waals surface area contributed by atoms with E-state index in [4.69, 9.17) is 0 Å². The van der Waals surface area contributed by atoms with Gasteiger partial charge in [0.15, 0.2) is 0 Å². The summed E-state index contributed by atoms with van der Waals surface area (Å²) >= 11 is 2.18. The largest absolute Gasteiger partial charge is 0.508 e. The second-order valence-electron chi connectivity index (χ2n) is 2.50. The first-order chi connectivity index (χ1) is 5.77. The lowest BCUT2D eigenvalue weighted by molar-refractivity contribution is 0.475. The summed E-state index contributed by atoms with van der Waals surface area (Å²) in [5, 5.41) is 10.3. The number of benzene rings is 1. The van der Waals surface area contributed by atoms with Crippen molar-refractivity contribution in [3.8, 4) is 5.75 Å². The maximum Gasteiger partial charge on any atom is 0.118 e. The third-order valence-electron chi connectivity index (χ3n) is 1.66. The quantitative estimate of drug-likeness (QED) is 0.747. The van der Waals surface area contributed by atoms with Crippen molar-refractivity contribution in [1.82, 2.24) is 4.98 Å². The normalized spacial score (nSPS) is 10.4. The van der Waals surface area contributed by atoms with Crippen LogP contribution in [0.5, 0.6) is 5.75 Å². The zero-order valence-electron chi connectivity index (χ0n) is 6.16. The fourth-order valence-electron chi connectivity index (χ4n) is 1.12. The van der Waals surface area contributed by atoms with Crippen molar-refractivity contribution >= 4 is 33.5 Å². The number of nitrogens with zero attached hydrogens (tertiary/aromatic N) is 1. The van der Waals surface area contributed by atoms with E-state index in [2.05, 4.69) is 27.6 Å². The first-order valence-corrected chi connectivity index (χ1v) is 4.58. The van der Waals surface area contributed by atoms with Gasteiger partial charge in [-0.25, -0.2) is 0 Å². The molecule has 0 fully saturated rings. The lowest BCUT2D eigenvalue weighted by Gasteiger charge is -1.99. The minimum absolute atomic E-state index is 0.269. The molecular weight excluding hydrogens is 265 g/mol. The summed E-state index contributed by atoms with van der Waals surface area (Å²) in [5.74, 6) is 0.269. The standard InChI is InChI=1S/C9H6INO/c10-8-4-6(12)5-9-7(8)2-1-3-11-9/h1-5,12H. The molecule has 2 aromatic rings. The van der Waals surface area contributed by atoms with E-state index in [1.807, 2.05) is 12.1 Å². The summed E-state index contributed by atoms with van der Waals surface area (Å²) in [6.07, 6.45) is 1.72. The van der Waals surface area contributed by atoms with Crippen molar-refractivity contribution in [3.05, 3.63) is 34.0 Å². The molecule has 0 aliphatic carbocycles. The van der Waals surface area contributed by atoms with E-state index >= 15 is 0 Å². The molecule has 0 spiro atoms. The van der Waals surface area contributed by atoms with Gasteiger partial charge in [-0.1, -0.05) is 6.07 Å². The maximum absolute atomic E-state index is 9.27. The third-order valence-corrected chi connectivity index (χ3v) is 2.55. The summed E-state index contributed by atoms with van der Waals surface area (Å²) in [6, 6.07) is 7.27. The molecule has 0 bridgehead atoms. The first kappa shape index (κ1) is 7.79. The van der Waals surface area contributed by atoms with Gasteiger partial charge in [0.25, 0.3) is 0 Å². The van der Waals surface area contributed by atoms with Gasteiger partial charge in [0.05, 0.1) is 5.52 Å². The van der Waals surface area contributed by atoms with Gasteiger partial charge >= 0.3 is 0 Å². The molecule has 1 aromatic heterocycles. The number of phenolic OH excluding ortho intramolecular Hbond substituents is 1. The molecular formula is C9H6INO. The van der Waals surface area contributed by atoms with E-state index in [0.29, 0.717) is 0 Å². The van der Waals surface area contributed by atoms with Crippen LogP contribution < -0.4 is 0 Å². The lowest BCUT2D eigenvalue weighted by atomic mass is 10.2. The smallest absolute Gasteiger partial charge is 0.118 e. The number of fused-ring (bicyclic) bond motifs is 1. The van der Waals surface area contributed by atoms with Crippen LogP contribution in [-0.2, 0) is 0 Å². The number of hydrogen-bond donors (Lipinski definition) is 1. The number of phenols is 1. The van der Waals surface area contributed by atoms with Crippen LogP contribution in [0.3, 0.4) is 0 Å². The van der Waals surface area contributed by atoms with E-state index in [-0.39, 0.29) is 5.75 Å². The zero-order chi connectivity index (χ0) is 8.55. The number of halogens is 1. The van der Waals surface area contributed by atoms with Crippen LogP contribution in [0.25, 0.3) is 10.9 Å². The molecule has 2 nitrogen and oxygen atoms in total. The molecule has 1 N–H and O–H groups in total. The third kappa shape index (κ3) is 1.24. The molecule has 0 saturated carbocycles. The highest BCUT2D eigenvalue weighted by atomic mass is 127.